The number of benzene rings is 1. The number of carbonyl (C=O) groups excluding carboxylic acids is 1. The summed E-state index contributed by atoms with van der Waals surface area (Å²) in [6.07, 6.45) is 2.72. The van der Waals surface area contributed by atoms with Crippen molar-refractivity contribution in [3.63, 3.8) is 0 Å². The molecule has 0 bridgehead atoms. The third-order valence-electron chi connectivity index (χ3n) is 3.41. The first-order valence-electron chi connectivity index (χ1n) is 7.15. The van der Waals surface area contributed by atoms with E-state index in [1.807, 2.05) is 26.0 Å². The van der Waals surface area contributed by atoms with Gasteiger partial charge in [-0.3, -0.25) is 4.79 Å². The normalized spacial score (nSPS) is 11.5. The Morgan fingerprint density at radius 3 is 2.62 bits per heavy atom. The molecule has 3 nitrogen and oxygen atoms in total. The summed E-state index contributed by atoms with van der Waals surface area (Å²) in [5.41, 5.74) is 1.01. The number of hydrogen-bond acceptors (Lipinski definition) is 2. The topological polar surface area (TPSA) is 49.3 Å². The molecule has 0 aromatic heterocycles. The fraction of sp³-hybridized carbons (Fsp3) is 0.562. The van der Waals surface area contributed by atoms with Crippen LogP contribution in [0.4, 0.5) is 0 Å². The van der Waals surface area contributed by atoms with Crippen LogP contribution >= 0.6 is 23.2 Å². The average Bonchev–Trinajstić information content (AvgIpc) is 2.41. The summed E-state index contributed by atoms with van der Waals surface area (Å²) < 4.78 is 0. The lowest BCUT2D eigenvalue weighted by atomic mass is 9.90. The quantitative estimate of drug-likeness (QED) is 0.760. The number of aliphatic hydroxyl groups is 1. The second kappa shape index (κ2) is 8.62. The van der Waals surface area contributed by atoms with Gasteiger partial charge < -0.3 is 10.4 Å². The van der Waals surface area contributed by atoms with E-state index < -0.39 is 0 Å². The van der Waals surface area contributed by atoms with Crippen molar-refractivity contribution >= 4 is 29.1 Å². The molecule has 0 aliphatic carbocycles. The summed E-state index contributed by atoms with van der Waals surface area (Å²) >= 11 is 11.8. The maximum Gasteiger partial charge on any atom is 0.220 e. The Labute approximate surface area is 136 Å². The van der Waals surface area contributed by atoms with Crippen molar-refractivity contribution in [1.29, 1.82) is 0 Å². The largest absolute Gasteiger partial charge is 0.396 e. The molecule has 0 fully saturated rings. The maximum atomic E-state index is 11.8. The fourth-order valence-electron chi connectivity index (χ4n) is 1.97. The van der Waals surface area contributed by atoms with Gasteiger partial charge in [-0.25, -0.2) is 0 Å². The summed E-state index contributed by atoms with van der Waals surface area (Å²) in [6.45, 7) is 4.78. The Morgan fingerprint density at radius 1 is 1.29 bits per heavy atom. The number of rotatable bonds is 8. The molecular weight excluding hydrogens is 309 g/mol. The van der Waals surface area contributed by atoms with Crippen LogP contribution in [0.25, 0.3) is 0 Å². The van der Waals surface area contributed by atoms with Crippen LogP contribution in [0.5, 0.6) is 0 Å². The fourth-order valence-corrected chi connectivity index (χ4v) is 2.29. The molecule has 118 valence electrons. The standard InChI is InChI=1S/C16H23Cl2NO2/c1-16(2,8-9-20)11-19-15(21)5-3-4-12-6-7-13(17)14(18)10-12/h6-7,10,20H,3-5,8-9,11H2,1-2H3,(H,19,21). The lowest BCUT2D eigenvalue weighted by Crippen LogP contribution is -2.34. The Kier molecular flexibility index (Phi) is 7.50. The van der Waals surface area contributed by atoms with E-state index in [4.69, 9.17) is 28.3 Å². The van der Waals surface area contributed by atoms with Crippen molar-refractivity contribution in [2.45, 2.75) is 39.5 Å². The van der Waals surface area contributed by atoms with Crippen molar-refractivity contribution in [3.05, 3.63) is 33.8 Å². The highest BCUT2D eigenvalue weighted by molar-refractivity contribution is 6.42. The zero-order chi connectivity index (χ0) is 15.9. The zero-order valence-electron chi connectivity index (χ0n) is 12.6. The predicted molar refractivity (Wildman–Crippen MR) is 87.9 cm³/mol. The summed E-state index contributed by atoms with van der Waals surface area (Å²) in [7, 11) is 0. The molecule has 21 heavy (non-hydrogen) atoms. The highest BCUT2D eigenvalue weighted by atomic mass is 35.5. The van der Waals surface area contributed by atoms with Gasteiger partial charge in [0.1, 0.15) is 0 Å². The lowest BCUT2D eigenvalue weighted by molar-refractivity contribution is -0.121. The molecule has 0 atom stereocenters. The van der Waals surface area contributed by atoms with Crippen LogP contribution in [-0.2, 0) is 11.2 Å². The first-order chi connectivity index (χ1) is 9.84. The zero-order valence-corrected chi connectivity index (χ0v) is 14.1. The Bertz CT molecular complexity index is 475. The van der Waals surface area contributed by atoms with E-state index in [1.165, 1.54) is 0 Å². The molecule has 0 unspecified atom stereocenters. The van der Waals surface area contributed by atoms with E-state index in [0.717, 1.165) is 18.4 Å². The van der Waals surface area contributed by atoms with Gasteiger partial charge >= 0.3 is 0 Å². The summed E-state index contributed by atoms with van der Waals surface area (Å²) in [4.78, 5) is 11.8. The van der Waals surface area contributed by atoms with Crippen molar-refractivity contribution < 1.29 is 9.90 Å². The molecule has 5 heteroatoms. The van der Waals surface area contributed by atoms with Gasteiger partial charge in [-0.1, -0.05) is 43.1 Å². The van der Waals surface area contributed by atoms with Crippen LogP contribution in [-0.4, -0.2) is 24.2 Å². The van der Waals surface area contributed by atoms with Crippen LogP contribution in [0, 0.1) is 5.41 Å². The second-order valence-corrected chi connectivity index (χ2v) is 6.83. The third kappa shape index (κ3) is 7.16. The SMILES string of the molecule is CC(C)(CCO)CNC(=O)CCCc1ccc(Cl)c(Cl)c1. The van der Waals surface area contributed by atoms with Gasteiger partial charge in [0.15, 0.2) is 0 Å². The number of amides is 1. The Balaban J connectivity index is 2.29. The highest BCUT2D eigenvalue weighted by Gasteiger charge is 2.17. The second-order valence-electron chi connectivity index (χ2n) is 6.02. The van der Waals surface area contributed by atoms with Crippen LogP contribution < -0.4 is 5.32 Å². The molecule has 1 amide bonds. The van der Waals surface area contributed by atoms with E-state index in [0.29, 0.717) is 29.4 Å². The molecule has 1 rings (SSSR count). The Hall–Kier alpha value is -0.770. The molecular formula is C16H23Cl2NO2. The molecule has 0 saturated carbocycles. The molecule has 0 aliphatic rings. The van der Waals surface area contributed by atoms with Gasteiger partial charge in [0, 0.05) is 19.6 Å². The highest BCUT2D eigenvalue weighted by Crippen LogP contribution is 2.23. The number of halogens is 2. The van der Waals surface area contributed by atoms with Gasteiger partial charge in [-0.05, 0) is 42.4 Å². The predicted octanol–water partition coefficient (Wildman–Crippen LogP) is 3.84. The Morgan fingerprint density at radius 2 is 2.00 bits per heavy atom. The minimum Gasteiger partial charge on any atom is -0.396 e. The molecule has 0 spiro atoms. The molecule has 0 radical (unpaired) electrons. The minimum absolute atomic E-state index is 0.0427. The molecule has 1 aromatic carbocycles. The van der Waals surface area contributed by atoms with Crippen LogP contribution in [0.15, 0.2) is 18.2 Å². The van der Waals surface area contributed by atoms with E-state index in [-0.39, 0.29) is 17.9 Å². The first kappa shape index (κ1) is 18.3. The number of hydrogen-bond donors (Lipinski definition) is 2. The van der Waals surface area contributed by atoms with Gasteiger partial charge in [0.05, 0.1) is 10.0 Å². The monoisotopic (exact) mass is 331 g/mol. The van der Waals surface area contributed by atoms with Crippen molar-refractivity contribution in [3.8, 4) is 0 Å². The lowest BCUT2D eigenvalue weighted by Gasteiger charge is -2.23. The van der Waals surface area contributed by atoms with Crippen molar-refractivity contribution in [2.24, 2.45) is 5.41 Å². The molecule has 2 N–H and O–H groups in total. The van der Waals surface area contributed by atoms with E-state index in [1.54, 1.807) is 6.07 Å². The van der Waals surface area contributed by atoms with Crippen molar-refractivity contribution in [1.82, 2.24) is 5.32 Å². The van der Waals surface area contributed by atoms with Crippen LogP contribution in [0.2, 0.25) is 10.0 Å². The first-order valence-corrected chi connectivity index (χ1v) is 7.91. The molecule has 0 saturated heterocycles. The van der Waals surface area contributed by atoms with Gasteiger partial charge in [-0.2, -0.15) is 0 Å². The molecule has 0 heterocycles. The molecule has 0 aliphatic heterocycles. The number of nitrogens with one attached hydrogen (secondary N) is 1. The van der Waals surface area contributed by atoms with Gasteiger partial charge in [0.2, 0.25) is 5.91 Å². The maximum absolute atomic E-state index is 11.8. The molecule has 1 aromatic rings. The van der Waals surface area contributed by atoms with Crippen molar-refractivity contribution in [2.75, 3.05) is 13.2 Å². The average molecular weight is 332 g/mol. The third-order valence-corrected chi connectivity index (χ3v) is 4.15. The summed E-state index contributed by atoms with van der Waals surface area (Å²) in [6, 6.07) is 5.54. The number of aliphatic hydroxyl groups excluding tert-OH is 1. The van der Waals surface area contributed by atoms with E-state index >= 15 is 0 Å². The van der Waals surface area contributed by atoms with Gasteiger partial charge in [0.25, 0.3) is 0 Å². The summed E-state index contributed by atoms with van der Waals surface area (Å²) in [5, 5.41) is 13.0. The minimum atomic E-state index is -0.0753. The van der Waals surface area contributed by atoms with E-state index in [2.05, 4.69) is 5.32 Å². The smallest absolute Gasteiger partial charge is 0.220 e. The summed E-state index contributed by atoms with van der Waals surface area (Å²) in [5.74, 6) is 0.0427. The number of aryl methyl sites for hydroxylation is 1. The van der Waals surface area contributed by atoms with E-state index in [9.17, 15) is 4.79 Å². The van der Waals surface area contributed by atoms with Gasteiger partial charge in [-0.15, -0.1) is 0 Å². The van der Waals surface area contributed by atoms with Crippen LogP contribution in [0.3, 0.4) is 0 Å². The number of carbonyl (C=O) groups is 1. The van der Waals surface area contributed by atoms with Crippen LogP contribution in [0.1, 0.15) is 38.7 Å².